The van der Waals surface area contributed by atoms with Gasteiger partial charge in [-0.05, 0) is 37.3 Å². The maximum atomic E-state index is 12.4. The van der Waals surface area contributed by atoms with Gasteiger partial charge in [0, 0.05) is 23.6 Å². The molecule has 1 saturated heterocycles. The van der Waals surface area contributed by atoms with Crippen LogP contribution in [0.4, 0.5) is 5.69 Å². The molecule has 0 unspecified atom stereocenters. The van der Waals surface area contributed by atoms with Gasteiger partial charge in [-0.2, -0.15) is 0 Å². The summed E-state index contributed by atoms with van der Waals surface area (Å²) >= 11 is 11.8. The number of hydrogen-bond donors (Lipinski definition) is 0. The number of benzene rings is 2. The van der Waals surface area contributed by atoms with Crippen LogP contribution in [-0.2, 0) is 14.3 Å². The van der Waals surface area contributed by atoms with Gasteiger partial charge in [-0.1, -0.05) is 35.3 Å². The number of ketones is 1. The van der Waals surface area contributed by atoms with Gasteiger partial charge in [0.2, 0.25) is 11.7 Å². The van der Waals surface area contributed by atoms with E-state index in [0.717, 1.165) is 0 Å². The molecule has 1 atom stereocenters. The van der Waals surface area contributed by atoms with Crippen molar-refractivity contribution in [3.05, 3.63) is 58.1 Å². The summed E-state index contributed by atoms with van der Waals surface area (Å²) in [5.41, 5.74) is 0.831. The van der Waals surface area contributed by atoms with E-state index in [4.69, 9.17) is 32.7 Å². The Morgan fingerprint density at radius 3 is 2.66 bits per heavy atom. The first-order valence-corrected chi connectivity index (χ1v) is 9.83. The van der Waals surface area contributed by atoms with Gasteiger partial charge in [0.15, 0.2) is 6.61 Å². The van der Waals surface area contributed by atoms with E-state index in [1.807, 2.05) is 13.0 Å². The SMILES string of the molecule is CCOc1ccccc1N1C[C@@H](C(=O)OCC(=O)c2ccc(Cl)cc2Cl)CC1=O. The highest BCUT2D eigenvalue weighted by atomic mass is 35.5. The Hall–Kier alpha value is -2.57. The Labute approximate surface area is 178 Å². The number of rotatable bonds is 7. The first-order valence-electron chi connectivity index (χ1n) is 9.07. The first kappa shape index (κ1) is 21.1. The third-order valence-corrected chi connectivity index (χ3v) is 5.04. The topological polar surface area (TPSA) is 72.9 Å². The van der Waals surface area contributed by atoms with Crippen LogP contribution in [0.25, 0.3) is 0 Å². The van der Waals surface area contributed by atoms with Gasteiger partial charge < -0.3 is 14.4 Å². The van der Waals surface area contributed by atoms with Crippen LogP contribution in [0.15, 0.2) is 42.5 Å². The molecule has 0 N–H and O–H groups in total. The van der Waals surface area contributed by atoms with E-state index in [2.05, 4.69) is 0 Å². The fourth-order valence-electron chi connectivity index (χ4n) is 3.10. The molecule has 0 spiro atoms. The predicted octanol–water partition coefficient (Wildman–Crippen LogP) is 4.17. The van der Waals surface area contributed by atoms with Crippen molar-refractivity contribution in [2.75, 3.05) is 24.7 Å². The Morgan fingerprint density at radius 2 is 1.93 bits per heavy atom. The normalized spacial score (nSPS) is 16.0. The number of halogens is 2. The van der Waals surface area contributed by atoms with E-state index in [9.17, 15) is 14.4 Å². The Morgan fingerprint density at radius 1 is 1.17 bits per heavy atom. The average molecular weight is 436 g/mol. The lowest BCUT2D eigenvalue weighted by Crippen LogP contribution is -2.27. The zero-order valence-electron chi connectivity index (χ0n) is 15.7. The van der Waals surface area contributed by atoms with E-state index >= 15 is 0 Å². The molecule has 0 bridgehead atoms. The number of anilines is 1. The van der Waals surface area contributed by atoms with Crippen LogP contribution < -0.4 is 9.64 Å². The van der Waals surface area contributed by atoms with Crippen molar-refractivity contribution in [2.24, 2.45) is 5.92 Å². The molecule has 6 nitrogen and oxygen atoms in total. The Balaban J connectivity index is 1.63. The molecule has 2 aromatic carbocycles. The van der Waals surface area contributed by atoms with Gasteiger partial charge in [-0.25, -0.2) is 0 Å². The number of amides is 1. The zero-order chi connectivity index (χ0) is 21.0. The third kappa shape index (κ3) is 4.89. The zero-order valence-corrected chi connectivity index (χ0v) is 17.2. The molecule has 3 rings (SSSR count). The molecule has 8 heteroatoms. The van der Waals surface area contributed by atoms with Crippen molar-refractivity contribution in [3.8, 4) is 5.75 Å². The van der Waals surface area contributed by atoms with Crippen LogP contribution in [0.5, 0.6) is 5.75 Å². The van der Waals surface area contributed by atoms with Crippen LogP contribution in [0.3, 0.4) is 0 Å². The standard InChI is InChI=1S/C21H19Cl2NO5/c1-2-28-19-6-4-3-5-17(19)24-11-13(9-20(24)26)21(27)29-12-18(25)15-8-7-14(22)10-16(15)23/h3-8,10,13H,2,9,11-12H2,1H3/t13-/m0/s1. The molecule has 1 fully saturated rings. The minimum atomic E-state index is -0.661. The maximum absolute atomic E-state index is 12.4. The second-order valence-corrected chi connectivity index (χ2v) is 7.30. The lowest BCUT2D eigenvalue weighted by Gasteiger charge is -2.19. The van der Waals surface area contributed by atoms with Gasteiger partial charge in [-0.15, -0.1) is 0 Å². The third-order valence-electron chi connectivity index (χ3n) is 4.49. The summed E-state index contributed by atoms with van der Waals surface area (Å²) in [5, 5.41) is 0.591. The highest BCUT2D eigenvalue weighted by Crippen LogP contribution is 2.33. The van der Waals surface area contributed by atoms with Crippen molar-refractivity contribution in [3.63, 3.8) is 0 Å². The summed E-state index contributed by atoms with van der Waals surface area (Å²) in [5.74, 6) is -1.34. The molecular formula is C21H19Cl2NO5. The average Bonchev–Trinajstić information content (AvgIpc) is 3.08. The maximum Gasteiger partial charge on any atom is 0.311 e. The molecule has 1 heterocycles. The van der Waals surface area contributed by atoms with Crippen LogP contribution >= 0.6 is 23.2 Å². The molecule has 1 amide bonds. The van der Waals surface area contributed by atoms with E-state index in [1.165, 1.54) is 23.1 Å². The number of nitrogens with zero attached hydrogens (tertiary/aromatic N) is 1. The summed E-state index contributed by atoms with van der Waals surface area (Å²) < 4.78 is 10.7. The first-order chi connectivity index (χ1) is 13.9. The van der Waals surface area contributed by atoms with Gasteiger partial charge in [0.1, 0.15) is 5.75 Å². The largest absolute Gasteiger partial charge is 0.492 e. The molecule has 29 heavy (non-hydrogen) atoms. The monoisotopic (exact) mass is 435 g/mol. The van der Waals surface area contributed by atoms with Crippen molar-refractivity contribution in [2.45, 2.75) is 13.3 Å². The highest BCUT2D eigenvalue weighted by Gasteiger charge is 2.37. The Kier molecular flexibility index (Phi) is 6.77. The second-order valence-electron chi connectivity index (χ2n) is 6.46. The molecule has 152 valence electrons. The number of Topliss-reactive ketones (excluding diaryl/α,β-unsaturated/α-hetero) is 1. The Bertz CT molecular complexity index is 946. The summed E-state index contributed by atoms with van der Waals surface area (Å²) in [6.07, 6.45) is 0.00911. The smallest absolute Gasteiger partial charge is 0.311 e. The number of hydrogen-bond acceptors (Lipinski definition) is 5. The highest BCUT2D eigenvalue weighted by molar-refractivity contribution is 6.36. The predicted molar refractivity (Wildman–Crippen MR) is 110 cm³/mol. The van der Waals surface area contributed by atoms with Crippen molar-refractivity contribution in [1.29, 1.82) is 0 Å². The summed E-state index contributed by atoms with van der Waals surface area (Å²) in [6, 6.07) is 11.6. The lowest BCUT2D eigenvalue weighted by atomic mass is 10.1. The van der Waals surface area contributed by atoms with Gasteiger partial charge in [-0.3, -0.25) is 14.4 Å². The number of para-hydroxylation sites is 2. The molecule has 0 radical (unpaired) electrons. The quantitative estimate of drug-likeness (QED) is 0.481. The van der Waals surface area contributed by atoms with Crippen molar-refractivity contribution < 1.29 is 23.9 Å². The summed E-state index contributed by atoms with van der Waals surface area (Å²) in [4.78, 5) is 38.6. The molecule has 0 aliphatic carbocycles. The van der Waals surface area contributed by atoms with Crippen molar-refractivity contribution >= 4 is 46.5 Å². The minimum absolute atomic E-state index is 0.00911. The van der Waals surface area contributed by atoms with Gasteiger partial charge >= 0.3 is 5.97 Å². The number of carbonyl (C=O) groups excluding carboxylic acids is 3. The molecule has 0 aromatic heterocycles. The fourth-order valence-corrected chi connectivity index (χ4v) is 3.62. The number of ether oxygens (including phenoxy) is 2. The number of carbonyl (C=O) groups is 3. The molecule has 1 aliphatic rings. The van der Waals surface area contributed by atoms with Crippen LogP contribution in [0, 0.1) is 5.92 Å². The van der Waals surface area contributed by atoms with Crippen molar-refractivity contribution in [1.82, 2.24) is 0 Å². The van der Waals surface area contributed by atoms with E-state index in [-0.39, 0.29) is 29.5 Å². The fraction of sp³-hybridized carbons (Fsp3) is 0.286. The second kappa shape index (κ2) is 9.29. The van der Waals surface area contributed by atoms with E-state index in [1.54, 1.807) is 18.2 Å². The van der Waals surface area contributed by atoms with Crippen LogP contribution in [-0.4, -0.2) is 37.4 Å². The van der Waals surface area contributed by atoms with E-state index in [0.29, 0.717) is 23.1 Å². The number of esters is 1. The van der Waals surface area contributed by atoms with Crippen LogP contribution in [0.2, 0.25) is 10.0 Å². The molecule has 1 aliphatic heterocycles. The molecular weight excluding hydrogens is 417 g/mol. The summed E-state index contributed by atoms with van der Waals surface area (Å²) in [7, 11) is 0. The van der Waals surface area contributed by atoms with E-state index < -0.39 is 24.3 Å². The minimum Gasteiger partial charge on any atom is -0.492 e. The summed E-state index contributed by atoms with van der Waals surface area (Å²) in [6.45, 7) is 2.02. The molecule has 2 aromatic rings. The molecule has 0 saturated carbocycles. The van der Waals surface area contributed by atoms with Gasteiger partial charge in [0.05, 0.1) is 23.2 Å². The van der Waals surface area contributed by atoms with Crippen LogP contribution in [0.1, 0.15) is 23.7 Å². The van der Waals surface area contributed by atoms with Gasteiger partial charge in [0.25, 0.3) is 0 Å². The lowest BCUT2D eigenvalue weighted by molar-refractivity contribution is -0.147.